The molecule has 0 aromatic heterocycles. The molecule has 0 amide bonds. The molecule has 36 heavy (non-hydrogen) atoms. The van der Waals surface area contributed by atoms with Gasteiger partial charge in [-0.1, -0.05) is 27.7 Å². The zero-order valence-electron chi connectivity index (χ0n) is 21.8. The van der Waals surface area contributed by atoms with Gasteiger partial charge < -0.3 is 19.5 Å². The monoisotopic (exact) mass is 559 g/mol. The molecule has 1 heterocycles. The lowest BCUT2D eigenvalue weighted by molar-refractivity contribution is -0.138. The predicted octanol–water partition coefficient (Wildman–Crippen LogP) is 5.63. The summed E-state index contributed by atoms with van der Waals surface area (Å²) in [5.41, 5.74) is 2.61. The van der Waals surface area contributed by atoms with Crippen molar-refractivity contribution in [1.82, 2.24) is 4.90 Å². The third-order valence-corrected chi connectivity index (χ3v) is 7.77. The Morgan fingerprint density at radius 2 is 1.56 bits per heavy atom. The van der Waals surface area contributed by atoms with Crippen molar-refractivity contribution in [3.05, 3.63) is 44.7 Å². The molecular weight excluding hydrogens is 526 g/mol. The fourth-order valence-corrected chi connectivity index (χ4v) is 6.54. The molecule has 3 aliphatic rings. The lowest BCUT2D eigenvalue weighted by Gasteiger charge is -2.48. The zero-order chi connectivity index (χ0) is 26.6. The van der Waals surface area contributed by atoms with Crippen LogP contribution in [0.4, 0.5) is 0 Å². The maximum atomic E-state index is 13.8. The number of nitrogens with zero attached hydrogens (tertiary/aromatic N) is 1. The van der Waals surface area contributed by atoms with Crippen LogP contribution in [0.15, 0.2) is 39.1 Å². The van der Waals surface area contributed by atoms with Crippen LogP contribution in [0.3, 0.4) is 0 Å². The quantitative estimate of drug-likeness (QED) is 0.482. The molecule has 0 atom stereocenters. The first-order valence-corrected chi connectivity index (χ1v) is 13.1. The molecule has 1 N–H and O–H groups in total. The fraction of sp³-hybridized carbons (Fsp3) is 0.536. The van der Waals surface area contributed by atoms with Crippen LogP contribution < -0.4 is 9.47 Å². The highest BCUT2D eigenvalue weighted by atomic mass is 79.9. The zero-order valence-corrected chi connectivity index (χ0v) is 23.4. The first-order valence-electron chi connectivity index (χ1n) is 12.3. The van der Waals surface area contributed by atoms with E-state index in [0.29, 0.717) is 59.4 Å². The number of Topliss-reactive ketones (excluding diaryl/α,β-unsaturated/α-hetero) is 2. The van der Waals surface area contributed by atoms with E-state index in [4.69, 9.17) is 9.47 Å². The Balaban J connectivity index is 2.04. The molecular formula is C28H34BrNO6. The lowest BCUT2D eigenvalue weighted by Crippen LogP contribution is -2.45. The van der Waals surface area contributed by atoms with Gasteiger partial charge in [-0.25, -0.2) is 0 Å². The van der Waals surface area contributed by atoms with Gasteiger partial charge >= 0.3 is 5.97 Å². The van der Waals surface area contributed by atoms with Gasteiger partial charge in [-0.3, -0.25) is 14.4 Å². The minimum atomic E-state index is -0.996. The number of halogens is 1. The smallest absolute Gasteiger partial charge is 0.323 e. The third kappa shape index (κ3) is 4.72. The van der Waals surface area contributed by atoms with Crippen molar-refractivity contribution >= 4 is 33.5 Å². The molecule has 2 aliphatic carbocycles. The highest BCUT2D eigenvalue weighted by Gasteiger charge is 2.49. The summed E-state index contributed by atoms with van der Waals surface area (Å²) in [7, 11) is 1.56. The van der Waals surface area contributed by atoms with Gasteiger partial charge in [0.15, 0.2) is 23.1 Å². The second kappa shape index (κ2) is 9.36. The van der Waals surface area contributed by atoms with Crippen molar-refractivity contribution < 1.29 is 29.0 Å². The van der Waals surface area contributed by atoms with E-state index in [9.17, 15) is 19.5 Å². The molecule has 8 heteroatoms. The Morgan fingerprint density at radius 3 is 2.00 bits per heavy atom. The molecule has 0 saturated heterocycles. The van der Waals surface area contributed by atoms with Gasteiger partial charge in [0.1, 0.15) is 6.54 Å². The van der Waals surface area contributed by atoms with Crippen LogP contribution >= 0.6 is 15.9 Å². The highest BCUT2D eigenvalue weighted by Crippen LogP contribution is 2.55. The molecule has 0 spiro atoms. The standard InChI is InChI=1S/C28H34BrNO6/c1-7-36-21-9-15(8-16(29)26(21)35-6)23-24-17(10-27(2,3)12-19(24)31)30(14-22(33)34)18-11-28(4,5)13-20(32)25(18)23/h8-9,23H,7,10-14H2,1-6H3,(H,33,34). The summed E-state index contributed by atoms with van der Waals surface area (Å²) in [6, 6.07) is 3.73. The second-order valence-corrected chi connectivity index (χ2v) is 12.3. The van der Waals surface area contributed by atoms with E-state index in [-0.39, 0.29) is 28.9 Å². The van der Waals surface area contributed by atoms with Crippen LogP contribution in [0.5, 0.6) is 11.5 Å². The summed E-state index contributed by atoms with van der Waals surface area (Å²) in [6.45, 7) is 10.1. The predicted molar refractivity (Wildman–Crippen MR) is 139 cm³/mol. The fourth-order valence-electron chi connectivity index (χ4n) is 5.92. The molecule has 1 aromatic rings. The number of allylic oxidation sites excluding steroid dienone is 4. The van der Waals surface area contributed by atoms with Crippen LogP contribution in [0.25, 0.3) is 0 Å². The number of hydrogen-bond donors (Lipinski definition) is 1. The summed E-state index contributed by atoms with van der Waals surface area (Å²) < 4.78 is 12.1. The molecule has 7 nitrogen and oxygen atoms in total. The minimum absolute atomic E-state index is 0.0456. The number of carbonyl (C=O) groups excluding carboxylic acids is 2. The molecule has 0 fully saturated rings. The van der Waals surface area contributed by atoms with Gasteiger partial charge in [-0.15, -0.1) is 0 Å². The maximum Gasteiger partial charge on any atom is 0.323 e. The maximum absolute atomic E-state index is 13.8. The van der Waals surface area contributed by atoms with E-state index in [2.05, 4.69) is 15.9 Å². The summed E-state index contributed by atoms with van der Waals surface area (Å²) in [5, 5.41) is 9.82. The second-order valence-electron chi connectivity index (χ2n) is 11.5. The Bertz CT molecular complexity index is 1150. The van der Waals surface area contributed by atoms with Crippen LogP contribution in [0.2, 0.25) is 0 Å². The van der Waals surface area contributed by atoms with Gasteiger partial charge in [-0.2, -0.15) is 0 Å². The van der Waals surface area contributed by atoms with Crippen LogP contribution in [0, 0.1) is 10.8 Å². The number of methoxy groups -OCH3 is 1. The van der Waals surface area contributed by atoms with Crippen molar-refractivity contribution in [3.63, 3.8) is 0 Å². The third-order valence-electron chi connectivity index (χ3n) is 7.18. The van der Waals surface area contributed by atoms with Gasteiger partial charge in [0.2, 0.25) is 0 Å². The number of rotatable bonds is 6. The number of carboxylic acids is 1. The average molecular weight is 560 g/mol. The largest absolute Gasteiger partial charge is 0.492 e. The molecule has 0 bridgehead atoms. The number of ether oxygens (including phenoxy) is 2. The number of hydrogen-bond acceptors (Lipinski definition) is 6. The topological polar surface area (TPSA) is 93.1 Å². The van der Waals surface area contributed by atoms with Crippen LogP contribution in [-0.4, -0.2) is 47.8 Å². The molecule has 4 rings (SSSR count). The van der Waals surface area contributed by atoms with Crippen molar-refractivity contribution in [1.29, 1.82) is 0 Å². The van der Waals surface area contributed by atoms with Crippen molar-refractivity contribution in [2.45, 2.75) is 66.2 Å². The first kappa shape index (κ1) is 26.5. The Morgan fingerprint density at radius 1 is 1.03 bits per heavy atom. The van der Waals surface area contributed by atoms with Gasteiger partial charge in [0.05, 0.1) is 18.2 Å². The molecule has 0 saturated carbocycles. The first-order chi connectivity index (χ1) is 16.8. The normalized spacial score (nSPS) is 21.4. The summed E-state index contributed by atoms with van der Waals surface area (Å²) >= 11 is 3.59. The minimum Gasteiger partial charge on any atom is -0.492 e. The number of carbonyl (C=O) groups is 3. The molecule has 0 radical (unpaired) electrons. The van der Waals surface area contributed by atoms with E-state index < -0.39 is 11.9 Å². The van der Waals surface area contributed by atoms with Gasteiger partial charge in [-0.05, 0) is 64.2 Å². The number of ketones is 2. The van der Waals surface area contributed by atoms with E-state index in [0.717, 1.165) is 17.0 Å². The molecule has 1 aliphatic heterocycles. The van der Waals surface area contributed by atoms with E-state index in [1.165, 1.54) is 0 Å². The highest BCUT2D eigenvalue weighted by molar-refractivity contribution is 9.10. The number of benzene rings is 1. The van der Waals surface area contributed by atoms with E-state index in [1.807, 2.05) is 46.8 Å². The average Bonchev–Trinajstić information content (AvgIpc) is 2.73. The van der Waals surface area contributed by atoms with Gasteiger partial charge in [0, 0.05) is 41.3 Å². The van der Waals surface area contributed by atoms with Crippen LogP contribution in [-0.2, 0) is 14.4 Å². The lowest BCUT2D eigenvalue weighted by atomic mass is 9.63. The van der Waals surface area contributed by atoms with E-state index in [1.54, 1.807) is 12.0 Å². The summed E-state index contributed by atoms with van der Waals surface area (Å²) in [4.78, 5) is 41.3. The van der Waals surface area contributed by atoms with Crippen molar-refractivity contribution in [2.75, 3.05) is 20.3 Å². The van der Waals surface area contributed by atoms with Crippen molar-refractivity contribution in [2.24, 2.45) is 10.8 Å². The van der Waals surface area contributed by atoms with Crippen molar-refractivity contribution in [3.8, 4) is 11.5 Å². The Hall–Kier alpha value is -2.61. The van der Waals surface area contributed by atoms with Crippen LogP contribution in [0.1, 0.15) is 71.8 Å². The molecule has 194 valence electrons. The summed E-state index contributed by atoms with van der Waals surface area (Å²) in [6.07, 6.45) is 1.78. The number of carboxylic acid groups (broad SMARTS) is 1. The Labute approximate surface area is 220 Å². The van der Waals surface area contributed by atoms with Gasteiger partial charge in [0.25, 0.3) is 0 Å². The SMILES string of the molecule is CCOc1cc(C2C3=C(CC(C)(C)CC3=O)N(CC(=O)O)C3=C2C(=O)CC(C)(C)C3)cc(Br)c1OC. The van der Waals surface area contributed by atoms with E-state index >= 15 is 0 Å². The number of aliphatic carboxylic acids is 1. The Kier molecular flexibility index (Phi) is 6.88. The molecule has 0 unspecified atom stereocenters. The molecule has 1 aromatic carbocycles. The summed E-state index contributed by atoms with van der Waals surface area (Å²) in [5.74, 6) is -0.613.